The first-order valence-corrected chi connectivity index (χ1v) is 7.08. The Morgan fingerprint density at radius 2 is 1.62 bits per heavy atom. The third-order valence-corrected chi connectivity index (χ3v) is 3.00. The van der Waals surface area contributed by atoms with Crippen molar-refractivity contribution in [2.24, 2.45) is 0 Å². The molecule has 0 aliphatic heterocycles. The Morgan fingerprint density at radius 1 is 1.00 bits per heavy atom. The average Bonchev–Trinajstić information content (AvgIpc) is 2.59. The van der Waals surface area contributed by atoms with Gasteiger partial charge < -0.3 is 23.7 Å². The molecule has 0 aliphatic carbocycles. The van der Waals surface area contributed by atoms with E-state index in [0.717, 1.165) is 0 Å². The number of rotatable bonds is 8. The number of carbonyl (C=O) groups is 3. The molecule has 0 heterocycles. The summed E-state index contributed by atoms with van der Waals surface area (Å²) in [5, 5.41) is 0. The molecule has 0 saturated carbocycles. The zero-order valence-corrected chi connectivity index (χ0v) is 13.8. The van der Waals surface area contributed by atoms with E-state index in [0.29, 0.717) is 11.3 Å². The third kappa shape index (κ3) is 6.99. The Labute approximate surface area is 139 Å². The van der Waals surface area contributed by atoms with Crippen LogP contribution >= 0.6 is 0 Å². The molecule has 0 N–H and O–H groups in total. The summed E-state index contributed by atoms with van der Waals surface area (Å²) in [5.74, 6) is -0.618. The molecule has 0 unspecified atom stereocenters. The molecule has 0 fully saturated rings. The Hall–Kier alpha value is -2.77. The molecule has 0 bridgehead atoms. The Kier molecular flexibility index (Phi) is 8.10. The van der Waals surface area contributed by atoms with Crippen LogP contribution in [0.15, 0.2) is 24.3 Å². The molecular formula is C16H20O8. The van der Waals surface area contributed by atoms with E-state index >= 15 is 0 Å². The lowest BCUT2D eigenvalue weighted by Gasteiger charge is -2.15. The van der Waals surface area contributed by atoms with E-state index in [4.69, 9.17) is 14.2 Å². The van der Waals surface area contributed by atoms with Gasteiger partial charge in [-0.3, -0.25) is 9.59 Å². The minimum Gasteiger partial charge on any atom is -0.497 e. The van der Waals surface area contributed by atoms with Gasteiger partial charge in [-0.15, -0.1) is 0 Å². The second-order valence-electron chi connectivity index (χ2n) is 4.69. The van der Waals surface area contributed by atoms with Crippen molar-refractivity contribution in [2.45, 2.75) is 25.6 Å². The van der Waals surface area contributed by atoms with Gasteiger partial charge in [0.05, 0.1) is 34.2 Å². The molecule has 1 rings (SSSR count). The Bertz CT molecular complexity index is 551. The van der Waals surface area contributed by atoms with Crippen molar-refractivity contribution in [1.29, 1.82) is 0 Å². The summed E-state index contributed by atoms with van der Waals surface area (Å²) in [5.41, 5.74) is 0.698. The van der Waals surface area contributed by atoms with Crippen LogP contribution in [0, 0.1) is 0 Å². The van der Waals surface area contributed by atoms with E-state index in [-0.39, 0.29) is 19.4 Å². The number of ether oxygens (including phenoxy) is 5. The predicted octanol–water partition coefficient (Wildman–Crippen LogP) is 1.84. The molecule has 0 aliphatic rings. The zero-order valence-electron chi connectivity index (χ0n) is 13.8. The van der Waals surface area contributed by atoms with Crippen molar-refractivity contribution in [3.63, 3.8) is 0 Å². The van der Waals surface area contributed by atoms with Gasteiger partial charge in [0.25, 0.3) is 0 Å². The quantitative estimate of drug-likeness (QED) is 0.522. The van der Waals surface area contributed by atoms with E-state index in [9.17, 15) is 14.4 Å². The van der Waals surface area contributed by atoms with Gasteiger partial charge in [0.1, 0.15) is 18.5 Å². The van der Waals surface area contributed by atoms with Crippen LogP contribution in [-0.4, -0.2) is 45.5 Å². The largest absolute Gasteiger partial charge is 0.508 e. The maximum absolute atomic E-state index is 11.7. The zero-order chi connectivity index (χ0) is 17.9. The van der Waals surface area contributed by atoms with Crippen LogP contribution in [0.5, 0.6) is 5.75 Å². The lowest BCUT2D eigenvalue weighted by molar-refractivity contribution is -0.147. The van der Waals surface area contributed by atoms with E-state index < -0.39 is 24.2 Å². The highest BCUT2D eigenvalue weighted by molar-refractivity contribution is 5.74. The molecule has 0 saturated heterocycles. The fourth-order valence-electron chi connectivity index (χ4n) is 1.77. The summed E-state index contributed by atoms with van der Waals surface area (Å²) in [7, 11) is 3.91. The van der Waals surface area contributed by atoms with Crippen LogP contribution in [0.4, 0.5) is 4.79 Å². The van der Waals surface area contributed by atoms with Gasteiger partial charge in [0, 0.05) is 0 Å². The van der Waals surface area contributed by atoms with Gasteiger partial charge in [0.15, 0.2) is 0 Å². The normalized spacial score (nSPS) is 10.0. The first-order valence-electron chi connectivity index (χ1n) is 7.08. The SMILES string of the molecule is COC(=O)CC(CC(=O)OC)OC(=O)OCc1cccc(OC)c1. The minimum atomic E-state index is -1.03. The van der Waals surface area contributed by atoms with Crippen LogP contribution in [0.3, 0.4) is 0 Å². The lowest BCUT2D eigenvalue weighted by atomic mass is 10.2. The van der Waals surface area contributed by atoms with E-state index in [1.54, 1.807) is 24.3 Å². The second kappa shape index (κ2) is 10.1. The number of benzene rings is 1. The van der Waals surface area contributed by atoms with E-state index in [1.165, 1.54) is 21.3 Å². The van der Waals surface area contributed by atoms with Crippen LogP contribution < -0.4 is 4.74 Å². The molecule has 0 amide bonds. The van der Waals surface area contributed by atoms with E-state index in [1.807, 2.05) is 0 Å². The molecule has 8 heteroatoms. The monoisotopic (exact) mass is 340 g/mol. The first kappa shape index (κ1) is 19.3. The van der Waals surface area contributed by atoms with Gasteiger partial charge >= 0.3 is 18.1 Å². The molecule has 24 heavy (non-hydrogen) atoms. The maximum Gasteiger partial charge on any atom is 0.508 e. The molecule has 0 radical (unpaired) electrons. The van der Waals surface area contributed by atoms with Gasteiger partial charge in [0.2, 0.25) is 0 Å². The van der Waals surface area contributed by atoms with Crippen molar-refractivity contribution in [1.82, 2.24) is 0 Å². The van der Waals surface area contributed by atoms with Crippen molar-refractivity contribution >= 4 is 18.1 Å². The summed E-state index contributed by atoms with van der Waals surface area (Å²) in [6.45, 7) is -0.0425. The molecular weight excluding hydrogens is 320 g/mol. The second-order valence-corrected chi connectivity index (χ2v) is 4.69. The summed E-state index contributed by atoms with van der Waals surface area (Å²) >= 11 is 0. The minimum absolute atomic E-state index is 0.0425. The standard InChI is InChI=1S/C16H20O8/c1-20-12-6-4-5-11(7-12)10-23-16(19)24-13(8-14(17)21-2)9-15(18)22-3/h4-7,13H,8-10H2,1-3H3. The number of hydrogen-bond donors (Lipinski definition) is 0. The smallest absolute Gasteiger partial charge is 0.497 e. The van der Waals surface area contributed by atoms with Gasteiger partial charge in [-0.1, -0.05) is 12.1 Å². The molecule has 0 spiro atoms. The summed E-state index contributed by atoms with van der Waals surface area (Å²) in [6.07, 6.45) is -2.59. The first-order chi connectivity index (χ1) is 11.5. The van der Waals surface area contributed by atoms with Gasteiger partial charge in [-0.2, -0.15) is 0 Å². The Balaban J connectivity index is 2.56. The van der Waals surface area contributed by atoms with Crippen molar-refractivity contribution in [3.05, 3.63) is 29.8 Å². The molecule has 1 aromatic rings. The molecule has 0 atom stereocenters. The lowest BCUT2D eigenvalue weighted by Crippen LogP contribution is -2.26. The summed E-state index contributed by atoms with van der Waals surface area (Å²) < 4.78 is 24.0. The third-order valence-electron chi connectivity index (χ3n) is 3.00. The molecule has 132 valence electrons. The summed E-state index contributed by atoms with van der Waals surface area (Å²) in [4.78, 5) is 34.3. The number of carbonyl (C=O) groups excluding carboxylic acids is 3. The highest BCUT2D eigenvalue weighted by Crippen LogP contribution is 2.14. The fourth-order valence-corrected chi connectivity index (χ4v) is 1.77. The predicted molar refractivity (Wildman–Crippen MR) is 81.3 cm³/mol. The van der Waals surface area contributed by atoms with Crippen LogP contribution in [0.2, 0.25) is 0 Å². The molecule has 0 aromatic heterocycles. The van der Waals surface area contributed by atoms with Crippen molar-refractivity contribution in [3.8, 4) is 5.75 Å². The molecule has 8 nitrogen and oxygen atoms in total. The number of esters is 2. The van der Waals surface area contributed by atoms with Crippen molar-refractivity contribution < 1.29 is 38.1 Å². The fraction of sp³-hybridized carbons (Fsp3) is 0.438. The van der Waals surface area contributed by atoms with Gasteiger partial charge in [-0.05, 0) is 17.7 Å². The highest BCUT2D eigenvalue weighted by atomic mass is 16.7. The summed E-state index contributed by atoms with van der Waals surface area (Å²) in [6, 6.07) is 6.95. The number of methoxy groups -OCH3 is 3. The highest BCUT2D eigenvalue weighted by Gasteiger charge is 2.23. The maximum atomic E-state index is 11.7. The van der Waals surface area contributed by atoms with Gasteiger partial charge in [-0.25, -0.2) is 4.79 Å². The molecule has 1 aromatic carbocycles. The van der Waals surface area contributed by atoms with E-state index in [2.05, 4.69) is 9.47 Å². The average molecular weight is 340 g/mol. The van der Waals surface area contributed by atoms with Crippen molar-refractivity contribution in [2.75, 3.05) is 21.3 Å². The number of hydrogen-bond acceptors (Lipinski definition) is 8. The Morgan fingerprint density at radius 3 is 2.17 bits per heavy atom. The van der Waals surface area contributed by atoms with Crippen LogP contribution in [0.25, 0.3) is 0 Å². The topological polar surface area (TPSA) is 97.4 Å². The van der Waals surface area contributed by atoms with Crippen LogP contribution in [-0.2, 0) is 35.1 Å². The van der Waals surface area contributed by atoms with Crippen LogP contribution in [0.1, 0.15) is 18.4 Å².